The van der Waals surface area contributed by atoms with Gasteiger partial charge in [-0.2, -0.15) is 0 Å². The Morgan fingerprint density at radius 3 is 2.33 bits per heavy atom. The summed E-state index contributed by atoms with van der Waals surface area (Å²) >= 11 is 6.18. The van der Waals surface area contributed by atoms with Crippen molar-refractivity contribution in [3.05, 3.63) is 58.6 Å². The molecule has 0 spiro atoms. The topological polar surface area (TPSA) is 76.7 Å². The average molecular weight is 391 g/mol. The fourth-order valence-corrected chi connectivity index (χ4v) is 2.50. The van der Waals surface area contributed by atoms with Crippen LogP contribution < -0.4 is 20.1 Å². The summed E-state index contributed by atoms with van der Waals surface area (Å²) in [5.41, 5.74) is 0.604. The number of urea groups is 1. The third kappa shape index (κ3) is 6.18. The number of amides is 3. The van der Waals surface area contributed by atoms with Crippen LogP contribution in [0.1, 0.15) is 36.7 Å². The van der Waals surface area contributed by atoms with E-state index in [1.54, 1.807) is 0 Å². The zero-order valence-corrected chi connectivity index (χ0v) is 16.5. The van der Waals surface area contributed by atoms with E-state index in [4.69, 9.17) is 21.1 Å². The fraction of sp³-hybridized carbons (Fsp3) is 0.300. The Bertz CT molecular complexity index is 817. The molecule has 0 saturated carbocycles. The number of methoxy groups -OCH3 is 1. The second-order valence-electron chi connectivity index (χ2n) is 6.92. The number of hydrogen-bond donors (Lipinski definition) is 2. The van der Waals surface area contributed by atoms with Gasteiger partial charge in [0.05, 0.1) is 17.7 Å². The second-order valence-corrected chi connectivity index (χ2v) is 7.32. The molecule has 0 aromatic heterocycles. The number of hydrogen-bond acceptors (Lipinski definition) is 4. The number of benzene rings is 2. The summed E-state index contributed by atoms with van der Waals surface area (Å²) in [6, 6.07) is 11.9. The Morgan fingerprint density at radius 2 is 1.74 bits per heavy atom. The van der Waals surface area contributed by atoms with Gasteiger partial charge in [0.15, 0.2) is 11.5 Å². The maximum atomic E-state index is 12.4. The predicted octanol–water partition coefficient (Wildman–Crippen LogP) is 4.17. The van der Waals surface area contributed by atoms with Gasteiger partial charge in [0.1, 0.15) is 6.61 Å². The van der Waals surface area contributed by atoms with Crippen LogP contribution in [0.4, 0.5) is 4.79 Å². The van der Waals surface area contributed by atoms with Gasteiger partial charge in [0.25, 0.3) is 5.91 Å². The molecule has 0 aliphatic carbocycles. The van der Waals surface area contributed by atoms with Gasteiger partial charge in [0.2, 0.25) is 0 Å². The minimum Gasteiger partial charge on any atom is -0.493 e. The molecule has 27 heavy (non-hydrogen) atoms. The van der Waals surface area contributed by atoms with E-state index in [-0.39, 0.29) is 10.6 Å². The molecular formula is C20H23ClN2O4. The number of ether oxygens (including phenoxy) is 2. The number of rotatable bonds is 5. The highest BCUT2D eigenvalue weighted by atomic mass is 35.5. The lowest BCUT2D eigenvalue weighted by molar-refractivity contribution is 0.0962. The molecule has 2 aromatic rings. The second kappa shape index (κ2) is 8.77. The van der Waals surface area contributed by atoms with Gasteiger partial charge < -0.3 is 14.8 Å². The predicted molar refractivity (Wildman–Crippen MR) is 105 cm³/mol. The molecule has 0 atom stereocenters. The summed E-state index contributed by atoms with van der Waals surface area (Å²) in [6.07, 6.45) is 0. The number of carbonyl (C=O) groups is 2. The van der Waals surface area contributed by atoms with E-state index in [1.165, 1.54) is 19.2 Å². The quantitative estimate of drug-likeness (QED) is 0.803. The first-order chi connectivity index (χ1) is 12.7. The molecule has 0 fully saturated rings. The zero-order valence-electron chi connectivity index (χ0n) is 15.8. The first-order valence-corrected chi connectivity index (χ1v) is 8.75. The lowest BCUT2D eigenvalue weighted by Crippen LogP contribution is -2.48. The molecule has 0 unspecified atom stereocenters. The monoisotopic (exact) mass is 390 g/mol. The van der Waals surface area contributed by atoms with E-state index in [0.29, 0.717) is 18.1 Å². The van der Waals surface area contributed by atoms with E-state index in [1.807, 2.05) is 51.1 Å². The largest absolute Gasteiger partial charge is 0.493 e. The van der Waals surface area contributed by atoms with E-state index in [0.717, 1.165) is 5.56 Å². The minimum atomic E-state index is -0.631. The highest BCUT2D eigenvalue weighted by molar-refractivity contribution is 6.34. The van der Waals surface area contributed by atoms with E-state index >= 15 is 0 Å². The van der Waals surface area contributed by atoms with Crippen molar-refractivity contribution in [2.45, 2.75) is 32.9 Å². The smallest absolute Gasteiger partial charge is 0.322 e. The summed E-state index contributed by atoms with van der Waals surface area (Å²) in [4.78, 5) is 24.4. The van der Waals surface area contributed by atoms with Crippen LogP contribution in [0.5, 0.6) is 11.5 Å². The molecule has 7 heteroatoms. The number of halogens is 1. The molecule has 0 aliphatic heterocycles. The van der Waals surface area contributed by atoms with Gasteiger partial charge in [-0.05, 0) is 32.4 Å². The summed E-state index contributed by atoms with van der Waals surface area (Å²) in [5, 5.41) is 5.07. The van der Waals surface area contributed by atoms with E-state index in [2.05, 4.69) is 10.6 Å². The molecule has 0 aliphatic rings. The Labute approximate surface area is 163 Å². The van der Waals surface area contributed by atoms with Crippen molar-refractivity contribution in [3.63, 3.8) is 0 Å². The average Bonchev–Trinajstić information content (AvgIpc) is 2.59. The van der Waals surface area contributed by atoms with Crippen molar-refractivity contribution in [1.82, 2.24) is 10.6 Å². The number of carbonyl (C=O) groups excluding carboxylic acids is 2. The fourth-order valence-electron chi connectivity index (χ4n) is 2.26. The van der Waals surface area contributed by atoms with Crippen molar-refractivity contribution >= 4 is 23.5 Å². The summed E-state index contributed by atoms with van der Waals surface area (Å²) in [6.45, 7) is 5.73. The molecular weight excluding hydrogens is 368 g/mol. The molecule has 3 amide bonds. The number of imide groups is 1. The van der Waals surface area contributed by atoms with Crippen molar-refractivity contribution in [1.29, 1.82) is 0 Å². The third-order valence-corrected chi connectivity index (χ3v) is 3.76. The van der Waals surface area contributed by atoms with E-state index < -0.39 is 17.5 Å². The molecule has 0 bridgehead atoms. The van der Waals surface area contributed by atoms with Crippen LogP contribution in [-0.2, 0) is 6.61 Å². The van der Waals surface area contributed by atoms with Crippen LogP contribution in [0.25, 0.3) is 0 Å². The van der Waals surface area contributed by atoms with Crippen molar-refractivity contribution in [2.75, 3.05) is 7.11 Å². The summed E-state index contributed by atoms with van der Waals surface area (Å²) < 4.78 is 11.1. The van der Waals surface area contributed by atoms with Crippen LogP contribution >= 0.6 is 11.6 Å². The molecule has 2 N–H and O–H groups in total. The van der Waals surface area contributed by atoms with Crippen LogP contribution in [0.3, 0.4) is 0 Å². The lowest BCUT2D eigenvalue weighted by atomic mass is 10.1. The van der Waals surface area contributed by atoms with Gasteiger partial charge in [-0.3, -0.25) is 10.1 Å². The van der Waals surface area contributed by atoms with Gasteiger partial charge >= 0.3 is 6.03 Å². The van der Waals surface area contributed by atoms with Crippen molar-refractivity contribution < 1.29 is 19.1 Å². The first-order valence-electron chi connectivity index (χ1n) is 8.37. The van der Waals surface area contributed by atoms with Crippen LogP contribution in [0.15, 0.2) is 42.5 Å². The zero-order chi connectivity index (χ0) is 20.0. The van der Waals surface area contributed by atoms with Crippen LogP contribution in [0.2, 0.25) is 5.02 Å². The maximum Gasteiger partial charge on any atom is 0.322 e. The summed E-state index contributed by atoms with van der Waals surface area (Å²) in [5.74, 6) is 0.118. The van der Waals surface area contributed by atoms with Gasteiger partial charge in [0, 0.05) is 11.6 Å². The van der Waals surface area contributed by atoms with Gasteiger partial charge in [-0.15, -0.1) is 0 Å². The molecule has 2 aromatic carbocycles. The summed E-state index contributed by atoms with van der Waals surface area (Å²) in [7, 11) is 1.48. The Balaban J connectivity index is 2.18. The van der Waals surface area contributed by atoms with Gasteiger partial charge in [-0.25, -0.2) is 4.79 Å². The maximum absolute atomic E-state index is 12.4. The standard InChI is InChI=1S/C20H23ClN2O4/c1-20(2,3)23-19(25)22-18(24)14-10-17(16(26-4)11-15(14)21)27-12-13-8-6-5-7-9-13/h5-11H,12H2,1-4H3,(H2,22,23,24,25). The first kappa shape index (κ1) is 20.6. The Morgan fingerprint density at radius 1 is 1.07 bits per heavy atom. The molecule has 0 saturated heterocycles. The minimum absolute atomic E-state index is 0.115. The normalized spacial score (nSPS) is 10.9. The Hall–Kier alpha value is -2.73. The number of nitrogens with one attached hydrogen (secondary N) is 2. The Kier molecular flexibility index (Phi) is 6.69. The third-order valence-electron chi connectivity index (χ3n) is 3.45. The molecule has 6 nitrogen and oxygen atoms in total. The van der Waals surface area contributed by atoms with Crippen LogP contribution in [-0.4, -0.2) is 24.6 Å². The van der Waals surface area contributed by atoms with Gasteiger partial charge in [-0.1, -0.05) is 41.9 Å². The molecule has 0 radical (unpaired) electrons. The molecule has 0 heterocycles. The molecule has 2 rings (SSSR count). The highest BCUT2D eigenvalue weighted by Crippen LogP contribution is 2.34. The van der Waals surface area contributed by atoms with Crippen molar-refractivity contribution in [2.24, 2.45) is 0 Å². The van der Waals surface area contributed by atoms with E-state index in [9.17, 15) is 9.59 Å². The SMILES string of the molecule is COc1cc(Cl)c(C(=O)NC(=O)NC(C)(C)C)cc1OCc1ccccc1. The molecule has 144 valence electrons. The lowest BCUT2D eigenvalue weighted by Gasteiger charge is -2.20. The van der Waals surface area contributed by atoms with Crippen molar-refractivity contribution in [3.8, 4) is 11.5 Å². The highest BCUT2D eigenvalue weighted by Gasteiger charge is 2.20. The van der Waals surface area contributed by atoms with Crippen LogP contribution in [0, 0.1) is 0 Å².